The molecule has 25 heavy (non-hydrogen) atoms. The van der Waals surface area contributed by atoms with Crippen LogP contribution in [0.1, 0.15) is 62.8 Å². The normalized spacial score (nSPS) is 18.4. The first-order valence-electron chi connectivity index (χ1n) is 9.07. The molecule has 0 radical (unpaired) electrons. The van der Waals surface area contributed by atoms with Crippen molar-refractivity contribution in [3.05, 3.63) is 26.6 Å². The first kappa shape index (κ1) is 18.1. The fourth-order valence-electron chi connectivity index (χ4n) is 3.64. The summed E-state index contributed by atoms with van der Waals surface area (Å²) in [6, 6.07) is -0.620. The minimum atomic E-state index is -0.620. The third kappa shape index (κ3) is 3.24. The van der Waals surface area contributed by atoms with Gasteiger partial charge in [-0.25, -0.2) is 9.78 Å². The van der Waals surface area contributed by atoms with E-state index in [4.69, 9.17) is 4.74 Å². The van der Waals surface area contributed by atoms with E-state index in [1.165, 1.54) is 9.44 Å². The van der Waals surface area contributed by atoms with Gasteiger partial charge in [0, 0.05) is 4.88 Å². The van der Waals surface area contributed by atoms with Crippen LogP contribution < -0.4 is 5.56 Å². The Morgan fingerprint density at radius 3 is 2.80 bits per heavy atom. The Kier molecular flexibility index (Phi) is 5.00. The topological polar surface area (TPSA) is 61.2 Å². The van der Waals surface area contributed by atoms with Crippen molar-refractivity contribution in [1.82, 2.24) is 9.55 Å². The summed E-state index contributed by atoms with van der Waals surface area (Å²) in [6.45, 7) is 9.58. The third-order valence-electron chi connectivity index (χ3n) is 4.86. The van der Waals surface area contributed by atoms with Crippen LogP contribution in [0.4, 0.5) is 0 Å². The second-order valence-electron chi connectivity index (χ2n) is 7.28. The number of aromatic nitrogens is 2. The van der Waals surface area contributed by atoms with Crippen molar-refractivity contribution in [2.45, 2.75) is 72.4 Å². The van der Waals surface area contributed by atoms with Crippen LogP contribution in [0.15, 0.2) is 4.79 Å². The van der Waals surface area contributed by atoms with Crippen molar-refractivity contribution in [3.8, 4) is 0 Å². The molecular formula is C19H26N2O3S. The Balaban J connectivity index is 2.16. The zero-order valence-electron chi connectivity index (χ0n) is 15.6. The maximum atomic E-state index is 13.3. The third-order valence-corrected chi connectivity index (χ3v) is 6.01. The molecule has 136 valence electrons. The summed E-state index contributed by atoms with van der Waals surface area (Å²) in [5.41, 5.74) is 1.05. The van der Waals surface area contributed by atoms with Crippen molar-refractivity contribution in [2.75, 3.05) is 0 Å². The Morgan fingerprint density at radius 2 is 2.16 bits per heavy atom. The standard InChI is InChI=1S/C19H26N2O3S/c1-6-14(19(23)24-10(2)3)21-12(5)20-17-16(18(21)22)13-8-7-11(4)9-15(13)25-17/h10-11,14H,6-9H2,1-5H3. The lowest BCUT2D eigenvalue weighted by Crippen LogP contribution is -2.34. The van der Waals surface area contributed by atoms with Crippen LogP contribution in [0, 0.1) is 12.8 Å². The number of hydrogen-bond donors (Lipinski definition) is 0. The number of carbonyl (C=O) groups is 1. The van der Waals surface area contributed by atoms with Gasteiger partial charge in [-0.2, -0.15) is 0 Å². The smallest absolute Gasteiger partial charge is 0.329 e. The van der Waals surface area contributed by atoms with E-state index in [1.54, 1.807) is 18.3 Å². The second kappa shape index (κ2) is 6.90. The van der Waals surface area contributed by atoms with Gasteiger partial charge in [-0.3, -0.25) is 9.36 Å². The maximum absolute atomic E-state index is 13.3. The first-order valence-corrected chi connectivity index (χ1v) is 9.89. The van der Waals surface area contributed by atoms with Crippen LogP contribution in [0.2, 0.25) is 0 Å². The Hall–Kier alpha value is -1.69. The van der Waals surface area contributed by atoms with Crippen molar-refractivity contribution < 1.29 is 9.53 Å². The molecule has 0 fully saturated rings. The van der Waals surface area contributed by atoms with Gasteiger partial charge in [0.25, 0.3) is 5.56 Å². The van der Waals surface area contributed by atoms with Crippen LogP contribution in [0.25, 0.3) is 10.2 Å². The number of rotatable bonds is 4. The molecule has 2 heterocycles. The van der Waals surface area contributed by atoms with E-state index in [-0.39, 0.29) is 17.6 Å². The number of aryl methyl sites for hydroxylation is 2. The average molecular weight is 362 g/mol. The molecule has 0 saturated heterocycles. The number of ether oxygens (including phenoxy) is 1. The number of esters is 1. The molecule has 0 aliphatic heterocycles. The molecule has 6 heteroatoms. The van der Waals surface area contributed by atoms with Crippen molar-refractivity contribution in [2.24, 2.45) is 5.92 Å². The molecule has 0 amide bonds. The fraction of sp³-hybridized carbons (Fsp3) is 0.632. The van der Waals surface area contributed by atoms with E-state index in [9.17, 15) is 9.59 Å². The average Bonchev–Trinajstić information content (AvgIpc) is 2.87. The summed E-state index contributed by atoms with van der Waals surface area (Å²) in [6.07, 6.45) is 3.33. The quantitative estimate of drug-likeness (QED) is 0.776. The molecule has 3 rings (SSSR count). The van der Waals surface area contributed by atoms with Gasteiger partial charge in [-0.05, 0) is 57.9 Å². The van der Waals surface area contributed by atoms with Crippen molar-refractivity contribution in [3.63, 3.8) is 0 Å². The van der Waals surface area contributed by atoms with Crippen molar-refractivity contribution >= 4 is 27.5 Å². The number of fused-ring (bicyclic) bond motifs is 3. The fourth-order valence-corrected chi connectivity index (χ4v) is 5.06. The minimum absolute atomic E-state index is 0.0953. The predicted octanol–water partition coefficient (Wildman–Crippen LogP) is 3.79. The van der Waals surface area contributed by atoms with Gasteiger partial charge >= 0.3 is 5.97 Å². The van der Waals surface area contributed by atoms with E-state index >= 15 is 0 Å². The molecule has 0 saturated carbocycles. The van der Waals surface area contributed by atoms with Crippen LogP contribution in [-0.4, -0.2) is 21.6 Å². The Bertz CT molecular complexity index is 866. The summed E-state index contributed by atoms with van der Waals surface area (Å²) >= 11 is 1.64. The highest BCUT2D eigenvalue weighted by Crippen LogP contribution is 2.36. The molecule has 2 aromatic heterocycles. The lowest BCUT2D eigenvalue weighted by Gasteiger charge is -2.21. The molecule has 1 aliphatic carbocycles. The van der Waals surface area contributed by atoms with Crippen LogP contribution in [0.3, 0.4) is 0 Å². The molecule has 2 unspecified atom stereocenters. The monoisotopic (exact) mass is 362 g/mol. The minimum Gasteiger partial charge on any atom is -0.461 e. The second-order valence-corrected chi connectivity index (χ2v) is 8.36. The Labute approximate surface area is 152 Å². The van der Waals surface area contributed by atoms with E-state index in [2.05, 4.69) is 11.9 Å². The van der Waals surface area contributed by atoms with Gasteiger partial charge in [-0.15, -0.1) is 11.3 Å². The molecule has 2 atom stereocenters. The summed E-state index contributed by atoms with van der Waals surface area (Å²) < 4.78 is 6.90. The summed E-state index contributed by atoms with van der Waals surface area (Å²) in [5, 5.41) is 0.716. The molecule has 0 bridgehead atoms. The van der Waals surface area contributed by atoms with E-state index < -0.39 is 6.04 Å². The molecule has 0 spiro atoms. The van der Waals surface area contributed by atoms with Crippen LogP contribution in [-0.2, 0) is 22.4 Å². The zero-order chi connectivity index (χ0) is 18.3. The molecule has 2 aromatic rings. The molecule has 0 N–H and O–H groups in total. The SMILES string of the molecule is CCC(C(=O)OC(C)C)n1c(C)nc2sc3c(c2c1=O)CCC(C)C3. The molecular weight excluding hydrogens is 336 g/mol. The van der Waals surface area contributed by atoms with E-state index in [0.717, 1.165) is 29.7 Å². The lowest BCUT2D eigenvalue weighted by atomic mass is 9.89. The molecule has 1 aliphatic rings. The summed E-state index contributed by atoms with van der Waals surface area (Å²) in [7, 11) is 0. The van der Waals surface area contributed by atoms with Gasteiger partial charge in [0.1, 0.15) is 16.7 Å². The summed E-state index contributed by atoms with van der Waals surface area (Å²) in [5.74, 6) is 0.867. The number of hydrogen-bond acceptors (Lipinski definition) is 5. The zero-order valence-corrected chi connectivity index (χ0v) is 16.4. The van der Waals surface area contributed by atoms with Gasteiger partial charge in [0.15, 0.2) is 0 Å². The van der Waals surface area contributed by atoms with E-state index in [0.29, 0.717) is 23.5 Å². The Morgan fingerprint density at radius 1 is 1.44 bits per heavy atom. The predicted molar refractivity (Wildman–Crippen MR) is 100 cm³/mol. The number of carbonyl (C=O) groups excluding carboxylic acids is 1. The van der Waals surface area contributed by atoms with Gasteiger partial charge in [-0.1, -0.05) is 13.8 Å². The highest BCUT2D eigenvalue weighted by molar-refractivity contribution is 7.18. The molecule has 5 nitrogen and oxygen atoms in total. The number of nitrogens with zero attached hydrogens (tertiary/aromatic N) is 2. The van der Waals surface area contributed by atoms with E-state index in [1.807, 2.05) is 20.8 Å². The van der Waals surface area contributed by atoms with Gasteiger partial charge in [0.05, 0.1) is 11.5 Å². The van der Waals surface area contributed by atoms with Gasteiger partial charge in [0.2, 0.25) is 0 Å². The highest BCUT2D eigenvalue weighted by Gasteiger charge is 2.28. The highest BCUT2D eigenvalue weighted by atomic mass is 32.1. The van der Waals surface area contributed by atoms with Gasteiger partial charge < -0.3 is 4.74 Å². The van der Waals surface area contributed by atoms with Crippen molar-refractivity contribution in [1.29, 1.82) is 0 Å². The number of thiophene rings is 1. The first-order chi connectivity index (χ1) is 11.8. The summed E-state index contributed by atoms with van der Waals surface area (Å²) in [4.78, 5) is 32.5. The maximum Gasteiger partial charge on any atom is 0.329 e. The lowest BCUT2D eigenvalue weighted by molar-refractivity contribution is -0.151. The van der Waals surface area contributed by atoms with Crippen LogP contribution >= 0.6 is 11.3 Å². The van der Waals surface area contributed by atoms with Crippen LogP contribution in [0.5, 0.6) is 0 Å². The molecule has 0 aromatic carbocycles. The largest absolute Gasteiger partial charge is 0.461 e.